The van der Waals surface area contributed by atoms with Crippen LogP contribution in [-0.2, 0) is 0 Å². The van der Waals surface area contributed by atoms with Gasteiger partial charge in [-0.25, -0.2) is 0 Å². The van der Waals surface area contributed by atoms with Gasteiger partial charge in [-0.05, 0) is 26.1 Å². The summed E-state index contributed by atoms with van der Waals surface area (Å²) in [5.74, 6) is 0.117. The van der Waals surface area contributed by atoms with Gasteiger partial charge in [-0.2, -0.15) is 0 Å². The molecular weight excluding hydrogens is 214 g/mol. The number of nitrogens with zero attached hydrogens (tertiary/aromatic N) is 1. The number of Topliss-reactive ketones (excluding diaryl/α,β-unsaturated/α-hetero) is 1. The molecule has 1 aromatic carbocycles. The van der Waals surface area contributed by atoms with Crippen molar-refractivity contribution in [2.45, 2.75) is 13.3 Å². The number of carbonyl (C=O) groups is 1. The molecule has 1 heterocycles. The lowest BCUT2D eigenvalue weighted by Crippen LogP contribution is -2.26. The predicted molar refractivity (Wildman–Crippen MR) is 68.3 cm³/mol. The number of ketones is 1. The Balaban J connectivity index is 2.19. The smallest absolute Gasteiger partial charge is 0.180 e. The Kier molecular flexibility index (Phi) is 3.59. The van der Waals surface area contributed by atoms with Crippen molar-refractivity contribution in [3.8, 4) is 0 Å². The second kappa shape index (κ2) is 5.15. The van der Waals surface area contributed by atoms with Gasteiger partial charge in [-0.1, -0.05) is 25.1 Å². The predicted octanol–water partition coefficient (Wildman–Crippen LogP) is 2.96. The van der Waals surface area contributed by atoms with E-state index >= 15 is 0 Å². The molecule has 1 aromatic heterocycles. The Morgan fingerprint density at radius 3 is 2.88 bits per heavy atom. The maximum absolute atomic E-state index is 12.1. The second-order valence-electron chi connectivity index (χ2n) is 4.31. The van der Waals surface area contributed by atoms with Gasteiger partial charge >= 0.3 is 0 Å². The lowest BCUT2D eigenvalue weighted by Gasteiger charge is -2.13. The summed E-state index contributed by atoms with van der Waals surface area (Å²) in [4.78, 5) is 14.1. The molecule has 0 fully saturated rings. The summed E-state index contributed by atoms with van der Waals surface area (Å²) in [6.07, 6.45) is 2.61. The minimum Gasteiger partial charge on any atom is -0.464 e. The Morgan fingerprint density at radius 2 is 2.12 bits per heavy atom. The molecule has 90 valence electrons. The summed E-state index contributed by atoms with van der Waals surface area (Å²) in [5, 5.41) is 0.905. The van der Waals surface area contributed by atoms with Gasteiger partial charge in [0.15, 0.2) is 5.78 Å². The SMILES string of the molecule is CCCN(C)CC(=O)c1coc2ccccc12. The lowest BCUT2D eigenvalue weighted by molar-refractivity contribution is 0.0947. The number of para-hydroxylation sites is 1. The normalized spacial score (nSPS) is 11.2. The highest BCUT2D eigenvalue weighted by Gasteiger charge is 2.14. The summed E-state index contributed by atoms with van der Waals surface area (Å²) in [5.41, 5.74) is 1.46. The van der Waals surface area contributed by atoms with E-state index in [1.165, 1.54) is 0 Å². The topological polar surface area (TPSA) is 33.5 Å². The lowest BCUT2D eigenvalue weighted by atomic mass is 10.1. The number of hydrogen-bond donors (Lipinski definition) is 0. The van der Waals surface area contributed by atoms with Gasteiger partial charge in [0.25, 0.3) is 0 Å². The minimum atomic E-state index is 0.117. The molecule has 2 aromatic rings. The van der Waals surface area contributed by atoms with Crippen molar-refractivity contribution in [3.05, 3.63) is 36.1 Å². The zero-order chi connectivity index (χ0) is 12.3. The molecule has 2 rings (SSSR count). The second-order valence-corrected chi connectivity index (χ2v) is 4.31. The molecule has 0 radical (unpaired) electrons. The van der Waals surface area contributed by atoms with E-state index in [1.807, 2.05) is 36.2 Å². The van der Waals surface area contributed by atoms with Gasteiger partial charge in [0.2, 0.25) is 0 Å². The first-order chi connectivity index (χ1) is 8.22. The van der Waals surface area contributed by atoms with Crippen molar-refractivity contribution in [3.63, 3.8) is 0 Å². The maximum Gasteiger partial charge on any atom is 0.180 e. The van der Waals surface area contributed by atoms with E-state index in [9.17, 15) is 4.79 Å². The summed E-state index contributed by atoms with van der Waals surface area (Å²) >= 11 is 0. The largest absolute Gasteiger partial charge is 0.464 e. The zero-order valence-electron chi connectivity index (χ0n) is 10.3. The van der Waals surface area contributed by atoms with E-state index < -0.39 is 0 Å². The third kappa shape index (κ3) is 2.56. The molecule has 0 saturated carbocycles. The van der Waals surface area contributed by atoms with E-state index in [1.54, 1.807) is 6.26 Å². The van der Waals surface area contributed by atoms with Crippen molar-refractivity contribution in [2.75, 3.05) is 20.1 Å². The Bertz CT molecular complexity index is 516. The van der Waals surface area contributed by atoms with Crippen LogP contribution in [-0.4, -0.2) is 30.8 Å². The fourth-order valence-corrected chi connectivity index (χ4v) is 1.98. The van der Waals surface area contributed by atoms with Crippen LogP contribution >= 0.6 is 0 Å². The van der Waals surface area contributed by atoms with Crippen molar-refractivity contribution < 1.29 is 9.21 Å². The molecule has 3 nitrogen and oxygen atoms in total. The van der Waals surface area contributed by atoms with E-state index in [0.717, 1.165) is 23.9 Å². The highest BCUT2D eigenvalue weighted by molar-refractivity contribution is 6.08. The molecule has 0 N–H and O–H groups in total. The number of hydrogen-bond acceptors (Lipinski definition) is 3. The first kappa shape index (κ1) is 11.9. The van der Waals surface area contributed by atoms with Crippen molar-refractivity contribution in [2.24, 2.45) is 0 Å². The van der Waals surface area contributed by atoms with Crippen LogP contribution in [0.1, 0.15) is 23.7 Å². The van der Waals surface area contributed by atoms with Crippen LogP contribution in [0.4, 0.5) is 0 Å². The van der Waals surface area contributed by atoms with E-state index in [2.05, 4.69) is 6.92 Å². The molecule has 0 aliphatic carbocycles. The Morgan fingerprint density at radius 1 is 1.35 bits per heavy atom. The number of furan rings is 1. The first-order valence-corrected chi connectivity index (χ1v) is 5.90. The molecule has 3 heteroatoms. The molecule has 0 amide bonds. The molecule has 0 atom stereocenters. The van der Waals surface area contributed by atoms with Crippen molar-refractivity contribution >= 4 is 16.8 Å². The summed E-state index contributed by atoms with van der Waals surface area (Å²) in [6, 6.07) is 7.63. The van der Waals surface area contributed by atoms with Gasteiger partial charge in [0, 0.05) is 5.39 Å². The maximum atomic E-state index is 12.1. The highest BCUT2D eigenvalue weighted by atomic mass is 16.3. The van der Waals surface area contributed by atoms with Gasteiger partial charge in [0.05, 0.1) is 12.1 Å². The number of fused-ring (bicyclic) bond motifs is 1. The summed E-state index contributed by atoms with van der Waals surface area (Å²) in [6.45, 7) is 3.48. The van der Waals surface area contributed by atoms with E-state index in [0.29, 0.717) is 12.1 Å². The van der Waals surface area contributed by atoms with E-state index in [4.69, 9.17) is 4.42 Å². The number of benzene rings is 1. The van der Waals surface area contributed by atoms with Crippen LogP contribution in [0.2, 0.25) is 0 Å². The van der Waals surface area contributed by atoms with Crippen molar-refractivity contribution in [1.29, 1.82) is 0 Å². The first-order valence-electron chi connectivity index (χ1n) is 5.90. The standard InChI is InChI=1S/C14H17NO2/c1-3-8-15(2)9-13(16)12-10-17-14-7-5-4-6-11(12)14/h4-7,10H,3,8-9H2,1-2H3. The fraction of sp³-hybridized carbons (Fsp3) is 0.357. The molecule has 0 unspecified atom stereocenters. The molecule has 0 bridgehead atoms. The molecular formula is C14H17NO2. The number of rotatable bonds is 5. The highest BCUT2D eigenvalue weighted by Crippen LogP contribution is 2.21. The number of likely N-dealkylation sites (N-methyl/N-ethyl adjacent to an activating group) is 1. The van der Waals surface area contributed by atoms with Crippen LogP contribution in [0.5, 0.6) is 0 Å². The van der Waals surface area contributed by atoms with Gasteiger partial charge in [-0.15, -0.1) is 0 Å². The molecule has 0 saturated heterocycles. The average molecular weight is 231 g/mol. The Labute approximate surface area is 101 Å². The average Bonchev–Trinajstić information content (AvgIpc) is 2.72. The molecule has 17 heavy (non-hydrogen) atoms. The fourth-order valence-electron chi connectivity index (χ4n) is 1.98. The van der Waals surface area contributed by atoms with Crippen LogP contribution < -0.4 is 0 Å². The van der Waals surface area contributed by atoms with Crippen LogP contribution in [0.25, 0.3) is 11.0 Å². The van der Waals surface area contributed by atoms with Crippen molar-refractivity contribution in [1.82, 2.24) is 4.90 Å². The molecule has 0 aliphatic heterocycles. The van der Waals surface area contributed by atoms with Gasteiger partial charge < -0.3 is 4.42 Å². The summed E-state index contributed by atoms with van der Waals surface area (Å²) in [7, 11) is 1.96. The monoisotopic (exact) mass is 231 g/mol. The molecule has 0 spiro atoms. The zero-order valence-corrected chi connectivity index (χ0v) is 10.3. The van der Waals surface area contributed by atoms with Gasteiger partial charge in [-0.3, -0.25) is 9.69 Å². The van der Waals surface area contributed by atoms with Crippen LogP contribution in [0.15, 0.2) is 34.9 Å². The van der Waals surface area contributed by atoms with Crippen LogP contribution in [0.3, 0.4) is 0 Å². The number of carbonyl (C=O) groups excluding carboxylic acids is 1. The quantitative estimate of drug-likeness (QED) is 0.742. The van der Waals surface area contributed by atoms with Crippen LogP contribution in [0, 0.1) is 0 Å². The third-order valence-electron chi connectivity index (χ3n) is 2.80. The van der Waals surface area contributed by atoms with Gasteiger partial charge in [0.1, 0.15) is 11.8 Å². The minimum absolute atomic E-state index is 0.117. The molecule has 0 aliphatic rings. The van der Waals surface area contributed by atoms with E-state index in [-0.39, 0.29) is 5.78 Å². The Hall–Kier alpha value is -1.61. The third-order valence-corrected chi connectivity index (χ3v) is 2.80. The summed E-state index contributed by atoms with van der Waals surface area (Å²) < 4.78 is 5.37.